The second-order valence-corrected chi connectivity index (χ2v) is 6.31. The SMILES string of the molecule is C=C1Oc2ncc(C(C)(C)C)nc2C(=O)C1C(C)C. The Bertz CT molecular complexity index is 542. The van der Waals surface area contributed by atoms with Crippen LogP contribution in [0, 0.1) is 11.8 Å². The maximum absolute atomic E-state index is 12.5. The van der Waals surface area contributed by atoms with Crippen LogP contribution in [-0.4, -0.2) is 15.8 Å². The first kappa shape index (κ1) is 13.7. The van der Waals surface area contributed by atoms with Crippen molar-refractivity contribution < 1.29 is 9.53 Å². The van der Waals surface area contributed by atoms with Gasteiger partial charge in [0.1, 0.15) is 5.76 Å². The summed E-state index contributed by atoms with van der Waals surface area (Å²) in [6, 6.07) is 0. The minimum atomic E-state index is -0.336. The van der Waals surface area contributed by atoms with Crippen molar-refractivity contribution in [1.29, 1.82) is 0 Å². The van der Waals surface area contributed by atoms with E-state index in [2.05, 4.69) is 16.5 Å². The number of carbonyl (C=O) groups excluding carboxylic acids is 1. The molecule has 0 aromatic carbocycles. The number of Topliss-reactive ketones (excluding diaryl/α,β-unsaturated/α-hetero) is 1. The molecule has 0 saturated heterocycles. The molecule has 1 aliphatic rings. The number of hydrogen-bond acceptors (Lipinski definition) is 4. The van der Waals surface area contributed by atoms with Crippen LogP contribution in [0.5, 0.6) is 5.88 Å². The molecule has 4 nitrogen and oxygen atoms in total. The van der Waals surface area contributed by atoms with Gasteiger partial charge in [-0.1, -0.05) is 41.2 Å². The second-order valence-electron chi connectivity index (χ2n) is 6.31. The molecule has 102 valence electrons. The van der Waals surface area contributed by atoms with Gasteiger partial charge in [-0.25, -0.2) is 9.97 Å². The third kappa shape index (κ3) is 2.39. The molecule has 0 radical (unpaired) electrons. The van der Waals surface area contributed by atoms with Gasteiger partial charge in [-0.15, -0.1) is 0 Å². The van der Waals surface area contributed by atoms with Crippen LogP contribution in [0.15, 0.2) is 18.5 Å². The molecule has 0 bridgehead atoms. The zero-order valence-corrected chi connectivity index (χ0v) is 12.2. The maximum Gasteiger partial charge on any atom is 0.248 e. The van der Waals surface area contributed by atoms with Crippen LogP contribution < -0.4 is 4.74 Å². The molecule has 0 N–H and O–H groups in total. The molecule has 0 spiro atoms. The number of hydrogen-bond donors (Lipinski definition) is 0. The Hall–Kier alpha value is -1.71. The van der Waals surface area contributed by atoms with Gasteiger partial charge in [0.05, 0.1) is 17.8 Å². The summed E-state index contributed by atoms with van der Waals surface area (Å²) in [7, 11) is 0. The monoisotopic (exact) mass is 260 g/mol. The lowest BCUT2D eigenvalue weighted by molar-refractivity contribution is 0.0843. The summed E-state index contributed by atoms with van der Waals surface area (Å²) in [6.45, 7) is 13.9. The van der Waals surface area contributed by atoms with E-state index in [9.17, 15) is 4.79 Å². The van der Waals surface area contributed by atoms with Gasteiger partial charge in [-0.3, -0.25) is 4.79 Å². The lowest BCUT2D eigenvalue weighted by Gasteiger charge is -2.28. The van der Waals surface area contributed by atoms with E-state index in [1.54, 1.807) is 6.20 Å². The first-order chi connectivity index (χ1) is 8.71. The summed E-state index contributed by atoms with van der Waals surface area (Å²) in [5.41, 5.74) is 0.973. The highest BCUT2D eigenvalue weighted by Crippen LogP contribution is 2.34. The fourth-order valence-electron chi connectivity index (χ4n) is 2.13. The zero-order chi connectivity index (χ0) is 14.4. The number of nitrogens with zero attached hydrogens (tertiary/aromatic N) is 2. The van der Waals surface area contributed by atoms with Crippen LogP contribution in [0.3, 0.4) is 0 Å². The third-order valence-electron chi connectivity index (χ3n) is 3.26. The van der Waals surface area contributed by atoms with Crippen LogP contribution in [0.2, 0.25) is 0 Å². The van der Waals surface area contributed by atoms with Crippen LogP contribution in [0.4, 0.5) is 0 Å². The number of aromatic nitrogens is 2. The van der Waals surface area contributed by atoms with Crippen molar-refractivity contribution in [2.24, 2.45) is 11.8 Å². The molecule has 4 heteroatoms. The van der Waals surface area contributed by atoms with E-state index >= 15 is 0 Å². The Balaban J connectivity index is 2.51. The van der Waals surface area contributed by atoms with Crippen molar-refractivity contribution in [2.75, 3.05) is 0 Å². The maximum atomic E-state index is 12.5. The van der Waals surface area contributed by atoms with Crippen LogP contribution >= 0.6 is 0 Å². The minimum absolute atomic E-state index is 0.0418. The number of carbonyl (C=O) groups is 1. The number of rotatable bonds is 1. The van der Waals surface area contributed by atoms with Crippen molar-refractivity contribution in [1.82, 2.24) is 9.97 Å². The normalized spacial score (nSPS) is 19.4. The average molecular weight is 260 g/mol. The molecule has 0 amide bonds. The number of ketones is 1. The summed E-state index contributed by atoms with van der Waals surface area (Å²) < 4.78 is 5.55. The van der Waals surface area contributed by atoms with Gasteiger partial charge in [-0.05, 0) is 5.92 Å². The Labute approximate surface area is 113 Å². The summed E-state index contributed by atoms with van der Waals surface area (Å²) in [4.78, 5) is 21.2. The Morgan fingerprint density at radius 1 is 1.37 bits per heavy atom. The molecular formula is C15H20N2O2. The molecule has 0 aliphatic carbocycles. The first-order valence-electron chi connectivity index (χ1n) is 6.50. The van der Waals surface area contributed by atoms with Gasteiger partial charge in [0, 0.05) is 5.41 Å². The van der Waals surface area contributed by atoms with Crippen LogP contribution in [0.1, 0.15) is 50.8 Å². The predicted molar refractivity (Wildman–Crippen MR) is 73.2 cm³/mol. The van der Waals surface area contributed by atoms with E-state index in [4.69, 9.17) is 4.74 Å². The molecule has 0 fully saturated rings. The molecule has 1 atom stereocenters. The Morgan fingerprint density at radius 2 is 2.00 bits per heavy atom. The Kier molecular flexibility index (Phi) is 3.20. The summed E-state index contributed by atoms with van der Waals surface area (Å²) in [6.07, 6.45) is 1.66. The third-order valence-corrected chi connectivity index (χ3v) is 3.26. The molecule has 19 heavy (non-hydrogen) atoms. The van der Waals surface area contributed by atoms with E-state index in [-0.39, 0.29) is 28.9 Å². The highest BCUT2D eigenvalue weighted by molar-refractivity contribution is 6.00. The predicted octanol–water partition coefficient (Wildman–Crippen LogP) is 3.14. The van der Waals surface area contributed by atoms with Crippen molar-refractivity contribution in [2.45, 2.75) is 40.0 Å². The van der Waals surface area contributed by atoms with Gasteiger partial charge in [0.15, 0.2) is 11.5 Å². The van der Waals surface area contributed by atoms with Gasteiger partial charge in [0.25, 0.3) is 0 Å². The highest BCUT2D eigenvalue weighted by atomic mass is 16.5. The molecule has 2 heterocycles. The zero-order valence-electron chi connectivity index (χ0n) is 12.2. The standard InChI is InChI=1S/C15H20N2O2/c1-8(2)11-9(3)19-14-12(13(11)18)17-10(7-16-14)15(4,5)6/h7-8,11H,3H2,1-2,4-6H3. The molecule has 2 rings (SSSR count). The summed E-state index contributed by atoms with van der Waals surface area (Å²) in [5, 5.41) is 0. The van der Waals surface area contributed by atoms with Gasteiger partial charge < -0.3 is 4.74 Å². The lowest BCUT2D eigenvalue weighted by atomic mass is 9.86. The van der Waals surface area contributed by atoms with Gasteiger partial charge in [0.2, 0.25) is 5.88 Å². The molecule has 1 aliphatic heterocycles. The minimum Gasteiger partial charge on any atom is -0.441 e. The number of ether oxygens (including phenoxy) is 1. The smallest absolute Gasteiger partial charge is 0.248 e. The highest BCUT2D eigenvalue weighted by Gasteiger charge is 2.37. The molecule has 1 aromatic heterocycles. The largest absolute Gasteiger partial charge is 0.441 e. The average Bonchev–Trinajstić information content (AvgIpc) is 2.26. The first-order valence-corrected chi connectivity index (χ1v) is 6.50. The van der Waals surface area contributed by atoms with Crippen molar-refractivity contribution in [3.63, 3.8) is 0 Å². The summed E-state index contributed by atoms with van der Waals surface area (Å²) in [5.74, 6) is 0.496. The quantitative estimate of drug-likeness (QED) is 0.778. The lowest BCUT2D eigenvalue weighted by Crippen LogP contribution is -2.32. The topological polar surface area (TPSA) is 52.1 Å². The van der Waals surface area contributed by atoms with Crippen molar-refractivity contribution in [3.8, 4) is 5.88 Å². The van der Waals surface area contributed by atoms with Gasteiger partial charge in [-0.2, -0.15) is 0 Å². The molecule has 0 saturated carbocycles. The van der Waals surface area contributed by atoms with Crippen LogP contribution in [-0.2, 0) is 5.41 Å². The van der Waals surface area contributed by atoms with Crippen molar-refractivity contribution >= 4 is 5.78 Å². The van der Waals surface area contributed by atoms with E-state index in [1.807, 2.05) is 34.6 Å². The fraction of sp³-hybridized carbons (Fsp3) is 0.533. The van der Waals surface area contributed by atoms with Crippen LogP contribution in [0.25, 0.3) is 0 Å². The number of allylic oxidation sites excluding steroid dienone is 1. The summed E-state index contributed by atoms with van der Waals surface area (Å²) >= 11 is 0. The fourth-order valence-corrected chi connectivity index (χ4v) is 2.13. The van der Waals surface area contributed by atoms with E-state index in [0.29, 0.717) is 11.5 Å². The van der Waals surface area contributed by atoms with Gasteiger partial charge >= 0.3 is 0 Å². The molecule has 1 unspecified atom stereocenters. The van der Waals surface area contributed by atoms with E-state index in [0.717, 1.165) is 5.69 Å². The molecular weight excluding hydrogens is 240 g/mol. The number of fused-ring (bicyclic) bond motifs is 1. The Morgan fingerprint density at radius 3 is 2.53 bits per heavy atom. The molecule has 1 aromatic rings. The van der Waals surface area contributed by atoms with E-state index < -0.39 is 0 Å². The van der Waals surface area contributed by atoms with Crippen molar-refractivity contribution in [3.05, 3.63) is 29.9 Å². The van der Waals surface area contributed by atoms with E-state index in [1.165, 1.54) is 0 Å². The second kappa shape index (κ2) is 4.44.